The highest BCUT2D eigenvalue weighted by Gasteiger charge is 2.41. The normalized spacial score (nSPS) is 16.8. The van der Waals surface area contributed by atoms with Crippen molar-refractivity contribution in [1.29, 1.82) is 0 Å². The molecule has 1 aliphatic heterocycles. The average molecular weight is 560 g/mol. The zero-order chi connectivity index (χ0) is 27.7. The first kappa shape index (κ1) is 26.7. The number of hydrogen-bond donors (Lipinski definition) is 3. The monoisotopic (exact) mass is 559 g/mol. The second kappa shape index (κ2) is 11.1. The van der Waals surface area contributed by atoms with Gasteiger partial charge in [0, 0.05) is 41.3 Å². The number of benzene rings is 2. The standard InChI is InChI=1S/C30H30ClN5O2S/c1-18-8-4-5-9-23(18)33-27(38)13-15-35-29(28(34-30(35)39)24-10-6-7-14-32-24)22-16-19(2)36(20(22)3)25-17-21(31)11-12-26(25)37/h4-12,14,16-17,28-29,37H,13,15H2,1-3H3,(H,33,38)(H,34,39)/t28-,29-/m0/s1. The highest BCUT2D eigenvalue weighted by atomic mass is 35.5. The highest BCUT2D eigenvalue weighted by Crippen LogP contribution is 2.42. The van der Waals surface area contributed by atoms with E-state index >= 15 is 0 Å². The topological polar surface area (TPSA) is 82.4 Å². The predicted octanol–water partition coefficient (Wildman–Crippen LogP) is 6.16. The Labute approximate surface area is 238 Å². The third kappa shape index (κ3) is 5.35. The molecule has 7 nitrogen and oxygen atoms in total. The van der Waals surface area contributed by atoms with Crippen molar-refractivity contribution in [2.24, 2.45) is 0 Å². The number of nitrogens with zero attached hydrogens (tertiary/aromatic N) is 3. The Morgan fingerprint density at radius 1 is 1.10 bits per heavy atom. The smallest absolute Gasteiger partial charge is 0.226 e. The van der Waals surface area contributed by atoms with Gasteiger partial charge in [0.25, 0.3) is 0 Å². The Kier molecular flexibility index (Phi) is 7.59. The van der Waals surface area contributed by atoms with Crippen LogP contribution in [0.4, 0.5) is 5.69 Å². The fraction of sp³-hybridized carbons (Fsp3) is 0.233. The molecule has 3 heterocycles. The number of aromatic nitrogens is 2. The van der Waals surface area contributed by atoms with Crippen molar-refractivity contribution in [3.05, 3.63) is 106 Å². The van der Waals surface area contributed by atoms with Crippen LogP contribution < -0.4 is 10.6 Å². The molecule has 0 unspecified atom stereocenters. The number of hydrogen-bond acceptors (Lipinski definition) is 4. The lowest BCUT2D eigenvalue weighted by molar-refractivity contribution is -0.116. The second-order valence-electron chi connectivity index (χ2n) is 9.73. The minimum atomic E-state index is -0.222. The maximum Gasteiger partial charge on any atom is 0.226 e. The molecule has 0 bridgehead atoms. The largest absolute Gasteiger partial charge is 0.506 e. The molecule has 1 amide bonds. The average Bonchev–Trinajstić information content (AvgIpc) is 3.40. The van der Waals surface area contributed by atoms with Crippen LogP contribution in [0.2, 0.25) is 5.02 Å². The van der Waals surface area contributed by atoms with Crippen LogP contribution in [0.25, 0.3) is 5.69 Å². The van der Waals surface area contributed by atoms with Gasteiger partial charge in [-0.05, 0) is 86.6 Å². The van der Waals surface area contributed by atoms with Crippen LogP contribution in [0.1, 0.15) is 46.7 Å². The number of halogens is 1. The Balaban J connectivity index is 1.50. The van der Waals surface area contributed by atoms with Gasteiger partial charge in [0.2, 0.25) is 5.91 Å². The molecule has 1 aliphatic rings. The van der Waals surface area contributed by atoms with E-state index < -0.39 is 0 Å². The highest BCUT2D eigenvalue weighted by molar-refractivity contribution is 7.80. The van der Waals surface area contributed by atoms with E-state index in [0.717, 1.165) is 33.9 Å². The van der Waals surface area contributed by atoms with Gasteiger partial charge in [-0.2, -0.15) is 0 Å². The van der Waals surface area contributed by atoms with Crippen molar-refractivity contribution >= 4 is 40.5 Å². The molecule has 200 valence electrons. The molecule has 3 N–H and O–H groups in total. The van der Waals surface area contributed by atoms with Gasteiger partial charge in [0.05, 0.1) is 23.5 Å². The van der Waals surface area contributed by atoms with Crippen molar-refractivity contribution in [3.63, 3.8) is 0 Å². The van der Waals surface area contributed by atoms with Gasteiger partial charge in [-0.3, -0.25) is 9.78 Å². The van der Waals surface area contributed by atoms with E-state index in [4.69, 9.17) is 23.8 Å². The van der Waals surface area contributed by atoms with E-state index in [-0.39, 0.29) is 30.2 Å². The summed E-state index contributed by atoms with van der Waals surface area (Å²) in [5.41, 5.74) is 6.18. The van der Waals surface area contributed by atoms with Crippen molar-refractivity contribution in [3.8, 4) is 11.4 Å². The Morgan fingerprint density at radius 3 is 2.62 bits per heavy atom. The number of phenols is 1. The van der Waals surface area contributed by atoms with E-state index in [9.17, 15) is 9.90 Å². The molecule has 0 spiro atoms. The van der Waals surface area contributed by atoms with Crippen LogP contribution in [0.3, 0.4) is 0 Å². The molecule has 4 aromatic rings. The molecular weight excluding hydrogens is 530 g/mol. The number of rotatable bonds is 7. The summed E-state index contributed by atoms with van der Waals surface area (Å²) >= 11 is 12.1. The molecule has 5 rings (SSSR count). The van der Waals surface area contributed by atoms with Crippen LogP contribution in [0, 0.1) is 20.8 Å². The van der Waals surface area contributed by atoms with Gasteiger partial charge in [-0.15, -0.1) is 0 Å². The minimum Gasteiger partial charge on any atom is -0.506 e. The predicted molar refractivity (Wildman–Crippen MR) is 159 cm³/mol. The Bertz CT molecular complexity index is 1540. The maximum atomic E-state index is 12.9. The van der Waals surface area contributed by atoms with Crippen molar-refractivity contribution in [2.75, 3.05) is 11.9 Å². The summed E-state index contributed by atoms with van der Waals surface area (Å²) < 4.78 is 2.00. The number of phenolic OH excluding ortho intramolecular Hbond substituents is 1. The van der Waals surface area contributed by atoms with Crippen molar-refractivity contribution in [1.82, 2.24) is 19.8 Å². The zero-order valence-electron chi connectivity index (χ0n) is 22.0. The molecule has 1 fully saturated rings. The Morgan fingerprint density at radius 2 is 1.87 bits per heavy atom. The first-order valence-electron chi connectivity index (χ1n) is 12.8. The molecule has 0 saturated carbocycles. The van der Waals surface area contributed by atoms with Gasteiger partial charge in [0.1, 0.15) is 5.75 Å². The number of aromatic hydroxyl groups is 1. The van der Waals surface area contributed by atoms with Crippen LogP contribution in [-0.2, 0) is 4.79 Å². The first-order valence-corrected chi connectivity index (χ1v) is 13.5. The van der Waals surface area contributed by atoms with Crippen LogP contribution in [0.15, 0.2) is 72.9 Å². The summed E-state index contributed by atoms with van der Waals surface area (Å²) in [4.78, 5) is 19.6. The number of thiocarbonyl (C=S) groups is 1. The lowest BCUT2D eigenvalue weighted by atomic mass is 9.96. The van der Waals surface area contributed by atoms with E-state index in [1.165, 1.54) is 0 Å². The molecule has 9 heteroatoms. The van der Waals surface area contributed by atoms with E-state index in [0.29, 0.717) is 22.4 Å². The van der Waals surface area contributed by atoms with E-state index in [1.54, 1.807) is 24.4 Å². The number of anilines is 1. The number of pyridine rings is 1. The van der Waals surface area contributed by atoms with Crippen LogP contribution >= 0.6 is 23.8 Å². The van der Waals surface area contributed by atoms with Gasteiger partial charge < -0.3 is 25.2 Å². The number of amides is 1. The summed E-state index contributed by atoms with van der Waals surface area (Å²) in [6, 6.07) is 20.2. The number of nitrogens with one attached hydrogen (secondary N) is 2. The van der Waals surface area contributed by atoms with E-state index in [1.807, 2.05) is 67.8 Å². The zero-order valence-corrected chi connectivity index (χ0v) is 23.6. The first-order chi connectivity index (χ1) is 18.7. The molecule has 2 atom stereocenters. The van der Waals surface area contributed by atoms with E-state index in [2.05, 4.69) is 26.6 Å². The summed E-state index contributed by atoms with van der Waals surface area (Å²) in [6.45, 7) is 6.40. The SMILES string of the molecule is Cc1ccccc1NC(=O)CCN1C(=S)N[C@@H](c2ccccn2)[C@@H]1c1cc(C)n(-c2cc(Cl)ccc2O)c1C. The lowest BCUT2D eigenvalue weighted by Gasteiger charge is -2.28. The quantitative estimate of drug-likeness (QED) is 0.235. The van der Waals surface area contributed by atoms with Crippen LogP contribution in [0.5, 0.6) is 5.75 Å². The van der Waals surface area contributed by atoms with Gasteiger partial charge in [-0.25, -0.2) is 0 Å². The minimum absolute atomic E-state index is 0.0820. The lowest BCUT2D eigenvalue weighted by Crippen LogP contribution is -2.33. The van der Waals surface area contributed by atoms with Gasteiger partial charge in [-0.1, -0.05) is 35.9 Å². The molecule has 1 saturated heterocycles. The fourth-order valence-electron chi connectivity index (χ4n) is 5.27. The fourth-order valence-corrected chi connectivity index (χ4v) is 5.76. The third-order valence-corrected chi connectivity index (χ3v) is 7.75. The number of para-hydroxylation sites is 1. The maximum absolute atomic E-state index is 12.9. The number of aryl methyl sites for hydroxylation is 2. The summed E-state index contributed by atoms with van der Waals surface area (Å²) in [7, 11) is 0. The van der Waals surface area contributed by atoms with Crippen molar-refractivity contribution < 1.29 is 9.90 Å². The number of carbonyl (C=O) groups is 1. The summed E-state index contributed by atoms with van der Waals surface area (Å²) in [5, 5.41) is 18.2. The van der Waals surface area contributed by atoms with Crippen LogP contribution in [-0.4, -0.2) is 37.1 Å². The van der Waals surface area contributed by atoms with Gasteiger partial charge in [0.15, 0.2) is 5.11 Å². The second-order valence-corrected chi connectivity index (χ2v) is 10.6. The summed E-state index contributed by atoms with van der Waals surface area (Å²) in [5.74, 6) is 0.0558. The molecule has 0 radical (unpaired) electrons. The molecule has 2 aromatic heterocycles. The molecular formula is C30H30ClN5O2S. The molecule has 0 aliphatic carbocycles. The summed E-state index contributed by atoms with van der Waals surface area (Å²) in [6.07, 6.45) is 2.03. The Hall–Kier alpha value is -3.88. The van der Waals surface area contributed by atoms with Gasteiger partial charge >= 0.3 is 0 Å². The number of carbonyl (C=O) groups excluding carboxylic acids is 1. The third-order valence-electron chi connectivity index (χ3n) is 7.16. The van der Waals surface area contributed by atoms with Crippen molar-refractivity contribution in [2.45, 2.75) is 39.3 Å². The molecule has 39 heavy (non-hydrogen) atoms. The molecule has 2 aromatic carbocycles.